The van der Waals surface area contributed by atoms with Crippen LogP contribution < -0.4 is 10.2 Å². The molecular weight excluding hydrogens is 260 g/mol. The number of pyridine rings is 1. The summed E-state index contributed by atoms with van der Waals surface area (Å²) in [6.45, 7) is 2.79. The normalized spacial score (nSPS) is 19.6. The van der Waals surface area contributed by atoms with Gasteiger partial charge < -0.3 is 10.2 Å². The molecule has 0 unspecified atom stereocenters. The molecule has 5 heterocycles. The average Bonchev–Trinajstić information content (AvgIpc) is 2.73. The van der Waals surface area contributed by atoms with Crippen molar-refractivity contribution in [1.29, 1.82) is 0 Å². The van der Waals surface area contributed by atoms with Crippen molar-refractivity contribution >= 4 is 28.1 Å². The van der Waals surface area contributed by atoms with Crippen LogP contribution in [0.3, 0.4) is 0 Å². The SMILES string of the molecule is Cc1cc2cc3cc(N4CCC(F)(F)CC4)c2nc1N3. The van der Waals surface area contributed by atoms with Crippen molar-refractivity contribution in [3.05, 3.63) is 23.8 Å². The van der Waals surface area contributed by atoms with Gasteiger partial charge in [-0.2, -0.15) is 0 Å². The number of nitrogens with one attached hydrogen (secondary N) is 1. The van der Waals surface area contributed by atoms with Gasteiger partial charge in [0.15, 0.2) is 0 Å². The van der Waals surface area contributed by atoms with E-state index in [9.17, 15) is 8.78 Å². The van der Waals surface area contributed by atoms with Crippen molar-refractivity contribution in [2.24, 2.45) is 0 Å². The predicted octanol–water partition coefficient (Wildman–Crippen LogP) is 3.84. The maximum Gasteiger partial charge on any atom is 0.251 e. The summed E-state index contributed by atoms with van der Waals surface area (Å²) < 4.78 is 26.6. The summed E-state index contributed by atoms with van der Waals surface area (Å²) in [4.78, 5) is 6.68. The molecule has 104 valence electrons. The molecule has 5 heteroatoms. The maximum atomic E-state index is 13.3. The molecule has 4 aliphatic rings. The number of aromatic nitrogens is 1. The average molecular weight is 275 g/mol. The Balaban J connectivity index is 1.80. The lowest BCUT2D eigenvalue weighted by atomic mass is 10.0. The lowest BCUT2D eigenvalue weighted by Crippen LogP contribution is -2.39. The summed E-state index contributed by atoms with van der Waals surface area (Å²) in [7, 11) is 0. The van der Waals surface area contributed by atoms with Gasteiger partial charge in [0.05, 0.1) is 11.2 Å². The molecule has 6 rings (SSSR count). The van der Waals surface area contributed by atoms with Crippen molar-refractivity contribution in [1.82, 2.24) is 4.98 Å². The number of fused-ring (bicyclic) bond motifs is 2. The summed E-state index contributed by atoms with van der Waals surface area (Å²) in [5.41, 5.74) is 3.97. The predicted molar refractivity (Wildman–Crippen MR) is 76.2 cm³/mol. The number of aryl methyl sites for hydroxylation is 1. The zero-order chi connectivity index (χ0) is 13.9. The molecule has 0 amide bonds. The smallest absolute Gasteiger partial charge is 0.251 e. The molecule has 4 bridgehead atoms. The van der Waals surface area contributed by atoms with Crippen molar-refractivity contribution in [2.45, 2.75) is 25.7 Å². The number of hydrogen-bond donors (Lipinski definition) is 1. The quantitative estimate of drug-likeness (QED) is 0.731. The van der Waals surface area contributed by atoms with Crippen LogP contribution in [0.4, 0.5) is 26.0 Å². The highest BCUT2D eigenvalue weighted by Gasteiger charge is 2.34. The summed E-state index contributed by atoms with van der Waals surface area (Å²) in [5.74, 6) is -1.65. The molecule has 1 fully saturated rings. The Morgan fingerprint density at radius 1 is 1.20 bits per heavy atom. The van der Waals surface area contributed by atoms with Crippen molar-refractivity contribution in [3.63, 3.8) is 0 Å². The van der Waals surface area contributed by atoms with E-state index in [1.54, 1.807) is 0 Å². The van der Waals surface area contributed by atoms with Crippen LogP contribution >= 0.6 is 0 Å². The highest BCUT2D eigenvalue weighted by atomic mass is 19.3. The Morgan fingerprint density at radius 2 is 1.95 bits per heavy atom. The second kappa shape index (κ2) is 3.81. The van der Waals surface area contributed by atoms with Gasteiger partial charge >= 0.3 is 0 Å². The molecule has 0 saturated carbocycles. The number of rotatable bonds is 1. The van der Waals surface area contributed by atoms with E-state index in [0.29, 0.717) is 13.1 Å². The van der Waals surface area contributed by atoms with E-state index in [1.807, 2.05) is 17.9 Å². The van der Waals surface area contributed by atoms with E-state index in [4.69, 9.17) is 0 Å². The Hall–Kier alpha value is -1.91. The van der Waals surface area contributed by atoms with Crippen LogP contribution in [0, 0.1) is 6.92 Å². The van der Waals surface area contributed by atoms with Crippen LogP contribution in [0.25, 0.3) is 10.9 Å². The van der Waals surface area contributed by atoms with E-state index in [0.717, 1.165) is 33.7 Å². The number of anilines is 3. The van der Waals surface area contributed by atoms with Crippen LogP contribution in [0.2, 0.25) is 0 Å². The van der Waals surface area contributed by atoms with Crippen LogP contribution in [-0.4, -0.2) is 24.0 Å². The minimum Gasteiger partial charge on any atom is -0.369 e. The van der Waals surface area contributed by atoms with Gasteiger partial charge in [0.1, 0.15) is 5.82 Å². The molecule has 4 aliphatic heterocycles. The van der Waals surface area contributed by atoms with Gasteiger partial charge in [0.25, 0.3) is 5.92 Å². The first-order valence-electron chi connectivity index (χ1n) is 6.87. The van der Waals surface area contributed by atoms with Crippen LogP contribution in [-0.2, 0) is 0 Å². The minimum absolute atomic E-state index is 0.0785. The van der Waals surface area contributed by atoms with Crippen LogP contribution in [0.15, 0.2) is 18.2 Å². The van der Waals surface area contributed by atoms with E-state index in [2.05, 4.69) is 22.4 Å². The molecule has 0 atom stereocenters. The largest absolute Gasteiger partial charge is 0.369 e. The fourth-order valence-corrected chi connectivity index (χ4v) is 3.03. The molecule has 0 spiro atoms. The number of nitrogens with zero attached hydrogens (tertiary/aromatic N) is 2. The molecule has 1 aromatic heterocycles. The molecular formula is C15H15F2N3. The number of benzene rings is 1. The third-order valence-corrected chi connectivity index (χ3v) is 4.19. The molecule has 1 N–H and O–H groups in total. The molecule has 2 aromatic rings. The Morgan fingerprint density at radius 3 is 2.70 bits per heavy atom. The lowest BCUT2D eigenvalue weighted by molar-refractivity contribution is -0.0220. The molecule has 1 saturated heterocycles. The first-order chi connectivity index (χ1) is 9.52. The Kier molecular flexibility index (Phi) is 2.26. The highest BCUT2D eigenvalue weighted by molar-refractivity contribution is 5.98. The molecule has 0 aliphatic carbocycles. The minimum atomic E-state index is -2.52. The monoisotopic (exact) mass is 275 g/mol. The number of hydrogen-bond acceptors (Lipinski definition) is 3. The van der Waals surface area contributed by atoms with Gasteiger partial charge in [0.2, 0.25) is 0 Å². The van der Waals surface area contributed by atoms with Gasteiger partial charge in [-0.25, -0.2) is 13.8 Å². The van der Waals surface area contributed by atoms with Crippen molar-refractivity contribution in [3.8, 4) is 0 Å². The number of alkyl halides is 2. The molecule has 1 aromatic carbocycles. The van der Waals surface area contributed by atoms with E-state index >= 15 is 0 Å². The van der Waals surface area contributed by atoms with Crippen LogP contribution in [0.1, 0.15) is 18.4 Å². The topological polar surface area (TPSA) is 28.2 Å². The number of piperidine rings is 1. The zero-order valence-corrected chi connectivity index (χ0v) is 11.2. The van der Waals surface area contributed by atoms with Gasteiger partial charge in [-0.1, -0.05) is 0 Å². The van der Waals surface area contributed by atoms with Gasteiger partial charge in [-0.15, -0.1) is 0 Å². The number of halogens is 2. The fourth-order valence-electron chi connectivity index (χ4n) is 3.03. The Bertz CT molecular complexity index is 702. The third-order valence-electron chi connectivity index (χ3n) is 4.19. The first kappa shape index (κ1) is 11.9. The summed E-state index contributed by atoms with van der Waals surface area (Å²) >= 11 is 0. The highest BCUT2D eigenvalue weighted by Crippen LogP contribution is 2.39. The Labute approximate surface area is 115 Å². The first-order valence-corrected chi connectivity index (χ1v) is 6.87. The second-order valence-corrected chi connectivity index (χ2v) is 5.69. The molecule has 20 heavy (non-hydrogen) atoms. The van der Waals surface area contributed by atoms with Gasteiger partial charge in [-0.05, 0) is 30.7 Å². The van der Waals surface area contributed by atoms with Gasteiger partial charge in [-0.3, -0.25) is 0 Å². The van der Waals surface area contributed by atoms with E-state index in [-0.39, 0.29) is 12.8 Å². The van der Waals surface area contributed by atoms with E-state index in [1.165, 1.54) is 0 Å². The van der Waals surface area contributed by atoms with Crippen LogP contribution in [0.5, 0.6) is 0 Å². The standard InChI is InChI=1S/C15H15F2N3/c1-9-6-10-7-11-8-12(13(10)19-14(9)18-11)20-4-2-15(16,17)3-5-20/h6-8H,2-5H2,1H3,(H,18,19). The van der Waals surface area contributed by atoms with Gasteiger partial charge in [0, 0.05) is 37.0 Å². The second-order valence-electron chi connectivity index (χ2n) is 5.69. The fraction of sp³-hybridized carbons (Fsp3) is 0.400. The summed E-state index contributed by atoms with van der Waals surface area (Å²) in [6, 6.07) is 6.18. The summed E-state index contributed by atoms with van der Waals surface area (Å²) in [5, 5.41) is 4.35. The van der Waals surface area contributed by atoms with Crippen molar-refractivity contribution < 1.29 is 8.78 Å². The molecule has 3 nitrogen and oxygen atoms in total. The third kappa shape index (κ3) is 1.72. The molecule has 0 radical (unpaired) electrons. The van der Waals surface area contributed by atoms with E-state index < -0.39 is 5.92 Å². The summed E-state index contributed by atoms with van der Waals surface area (Å²) in [6.07, 6.45) is -0.157. The lowest BCUT2D eigenvalue weighted by Gasteiger charge is -2.33. The zero-order valence-electron chi connectivity index (χ0n) is 11.2. The maximum absolute atomic E-state index is 13.3. The van der Waals surface area contributed by atoms with Crippen molar-refractivity contribution in [2.75, 3.05) is 23.3 Å².